The number of fused-ring (bicyclic) bond motifs is 1. The average molecular weight is 443 g/mol. The Morgan fingerprint density at radius 3 is 2.68 bits per heavy atom. The third kappa shape index (κ3) is 4.14. The number of ether oxygens (including phenoxy) is 1. The van der Waals surface area contributed by atoms with E-state index in [1.54, 1.807) is 44.5 Å². The number of rotatable bonds is 8. The summed E-state index contributed by atoms with van der Waals surface area (Å²) in [5.74, 6) is 0.230. The van der Waals surface area contributed by atoms with Gasteiger partial charge in [-0.1, -0.05) is 12.1 Å². The summed E-state index contributed by atoms with van der Waals surface area (Å²) in [7, 11) is -0.618. The number of nitrogens with one attached hydrogen (secondary N) is 1. The van der Waals surface area contributed by atoms with E-state index in [9.17, 15) is 12.8 Å². The van der Waals surface area contributed by atoms with Crippen LogP contribution in [-0.2, 0) is 27.7 Å². The zero-order valence-electron chi connectivity index (χ0n) is 17.3. The molecular weight excluding hydrogens is 419 g/mol. The molecular formula is C23H23FN2O4S. The molecule has 0 saturated heterocycles. The lowest BCUT2D eigenvalue weighted by molar-refractivity contribution is 0.197. The highest BCUT2D eigenvalue weighted by Gasteiger charge is 2.24. The van der Waals surface area contributed by atoms with Crippen LogP contribution in [0.2, 0.25) is 0 Å². The summed E-state index contributed by atoms with van der Waals surface area (Å²) >= 11 is 0. The van der Waals surface area contributed by atoms with Gasteiger partial charge in [0.2, 0.25) is 0 Å². The molecule has 0 saturated carbocycles. The Morgan fingerprint density at radius 2 is 1.94 bits per heavy atom. The molecule has 1 N–H and O–H groups in total. The molecule has 8 heteroatoms. The number of aromatic nitrogens is 1. The van der Waals surface area contributed by atoms with E-state index in [2.05, 4.69) is 5.32 Å². The first-order chi connectivity index (χ1) is 14.9. The molecule has 6 nitrogen and oxygen atoms in total. The van der Waals surface area contributed by atoms with Crippen LogP contribution in [0.25, 0.3) is 22.2 Å². The first kappa shape index (κ1) is 21.3. The molecule has 0 amide bonds. The van der Waals surface area contributed by atoms with Crippen molar-refractivity contribution in [3.63, 3.8) is 0 Å². The minimum Gasteiger partial charge on any atom is -0.461 e. The average Bonchev–Trinajstić information content (AvgIpc) is 3.36. The summed E-state index contributed by atoms with van der Waals surface area (Å²) in [4.78, 5) is 0.0665. The molecule has 4 aromatic rings. The summed E-state index contributed by atoms with van der Waals surface area (Å²) in [5.41, 5.74) is 1.69. The molecule has 0 radical (unpaired) electrons. The van der Waals surface area contributed by atoms with Crippen molar-refractivity contribution in [1.29, 1.82) is 0 Å². The Balaban J connectivity index is 1.82. The Hall–Kier alpha value is -2.94. The van der Waals surface area contributed by atoms with Crippen molar-refractivity contribution >= 4 is 21.0 Å². The van der Waals surface area contributed by atoms with Crippen LogP contribution in [-0.4, -0.2) is 33.2 Å². The number of furan rings is 1. The van der Waals surface area contributed by atoms with Crippen molar-refractivity contribution in [2.45, 2.75) is 17.9 Å². The summed E-state index contributed by atoms with van der Waals surface area (Å²) in [5, 5.41) is 3.81. The molecule has 0 bridgehead atoms. The minimum atomic E-state index is -3.99. The van der Waals surface area contributed by atoms with Crippen LogP contribution < -0.4 is 5.32 Å². The number of methoxy groups -OCH3 is 1. The van der Waals surface area contributed by atoms with E-state index in [1.165, 1.54) is 24.4 Å². The second-order valence-corrected chi connectivity index (χ2v) is 9.01. The van der Waals surface area contributed by atoms with Gasteiger partial charge in [-0.2, -0.15) is 0 Å². The highest BCUT2D eigenvalue weighted by Crippen LogP contribution is 2.30. The number of nitrogens with zero attached hydrogens (tertiary/aromatic N) is 1. The predicted octanol–water partition coefficient (Wildman–Crippen LogP) is 4.19. The van der Waals surface area contributed by atoms with E-state index in [-0.39, 0.29) is 16.2 Å². The highest BCUT2D eigenvalue weighted by molar-refractivity contribution is 7.90. The molecule has 2 aromatic carbocycles. The van der Waals surface area contributed by atoms with Crippen LogP contribution in [0, 0.1) is 5.82 Å². The van der Waals surface area contributed by atoms with Crippen molar-refractivity contribution in [3.8, 4) is 11.3 Å². The van der Waals surface area contributed by atoms with Crippen molar-refractivity contribution in [3.05, 3.63) is 77.9 Å². The van der Waals surface area contributed by atoms with E-state index < -0.39 is 15.8 Å². The van der Waals surface area contributed by atoms with E-state index in [1.807, 2.05) is 6.07 Å². The van der Waals surface area contributed by atoms with E-state index in [4.69, 9.17) is 9.15 Å². The maximum atomic E-state index is 14.5. The third-order valence-corrected chi connectivity index (χ3v) is 6.69. The summed E-state index contributed by atoms with van der Waals surface area (Å²) in [6.07, 6.45) is 2.11. The van der Waals surface area contributed by atoms with Gasteiger partial charge >= 0.3 is 0 Å². The van der Waals surface area contributed by atoms with Crippen molar-refractivity contribution < 1.29 is 22.0 Å². The lowest BCUT2D eigenvalue weighted by Gasteiger charge is -2.11. The Kier molecular flexibility index (Phi) is 5.95. The Morgan fingerprint density at radius 1 is 1.13 bits per heavy atom. The molecule has 31 heavy (non-hydrogen) atoms. The van der Waals surface area contributed by atoms with Gasteiger partial charge < -0.3 is 14.5 Å². The first-order valence-corrected chi connectivity index (χ1v) is 11.3. The summed E-state index contributed by atoms with van der Waals surface area (Å²) < 4.78 is 53.6. The standard InChI is InChI=1S/C23H23FN2O4S/c1-25-14-16-11-22(20-5-3-4-6-21(20)24)26(15-16)31(27,28)19-8-7-17-12-18(9-10-29-2)30-23(17)13-19/h3-8,11-13,15,25H,9-10,14H2,1-2H3. The van der Waals surface area contributed by atoms with Crippen molar-refractivity contribution in [2.24, 2.45) is 0 Å². The van der Waals surface area contributed by atoms with E-state index >= 15 is 0 Å². The zero-order chi connectivity index (χ0) is 22.0. The van der Waals surface area contributed by atoms with E-state index in [0.717, 1.165) is 20.7 Å². The van der Waals surface area contributed by atoms with Crippen LogP contribution in [0.1, 0.15) is 11.3 Å². The fourth-order valence-corrected chi connectivity index (χ4v) is 4.94. The van der Waals surface area contributed by atoms with Crippen LogP contribution in [0.4, 0.5) is 4.39 Å². The topological polar surface area (TPSA) is 73.5 Å². The smallest absolute Gasteiger partial charge is 0.268 e. The van der Waals surface area contributed by atoms with Gasteiger partial charge in [0.25, 0.3) is 10.0 Å². The molecule has 0 unspecified atom stereocenters. The van der Waals surface area contributed by atoms with Crippen molar-refractivity contribution in [1.82, 2.24) is 9.29 Å². The molecule has 2 aromatic heterocycles. The molecule has 2 heterocycles. The summed E-state index contributed by atoms with van der Waals surface area (Å²) in [6.45, 7) is 0.957. The van der Waals surface area contributed by atoms with Gasteiger partial charge in [0.1, 0.15) is 17.2 Å². The molecule has 0 spiro atoms. The maximum Gasteiger partial charge on any atom is 0.268 e. The molecule has 0 atom stereocenters. The van der Waals surface area contributed by atoms with Gasteiger partial charge in [0.15, 0.2) is 0 Å². The van der Waals surface area contributed by atoms with Crippen LogP contribution in [0.3, 0.4) is 0 Å². The SMILES string of the molecule is CNCc1cc(-c2ccccc2F)n(S(=O)(=O)c2ccc3cc(CCOC)oc3c2)c1. The largest absolute Gasteiger partial charge is 0.461 e. The lowest BCUT2D eigenvalue weighted by Crippen LogP contribution is -2.13. The number of hydrogen-bond acceptors (Lipinski definition) is 5. The Labute approximate surface area is 180 Å². The van der Waals surface area contributed by atoms with Crippen LogP contribution in [0.15, 0.2) is 70.1 Å². The monoisotopic (exact) mass is 442 g/mol. The number of halogens is 1. The zero-order valence-corrected chi connectivity index (χ0v) is 18.1. The second-order valence-electron chi connectivity index (χ2n) is 7.20. The lowest BCUT2D eigenvalue weighted by atomic mass is 10.1. The molecule has 4 rings (SSSR count). The number of hydrogen-bond donors (Lipinski definition) is 1. The van der Waals surface area contributed by atoms with Gasteiger partial charge in [-0.3, -0.25) is 0 Å². The number of benzene rings is 2. The minimum absolute atomic E-state index is 0.0665. The molecule has 0 fully saturated rings. The van der Waals surface area contributed by atoms with Gasteiger partial charge in [-0.15, -0.1) is 0 Å². The van der Waals surface area contributed by atoms with Crippen LogP contribution in [0.5, 0.6) is 0 Å². The summed E-state index contributed by atoms with van der Waals surface area (Å²) in [6, 6.07) is 14.4. The molecule has 0 aliphatic heterocycles. The van der Waals surface area contributed by atoms with Gasteiger partial charge in [0, 0.05) is 43.3 Å². The first-order valence-electron chi connectivity index (χ1n) is 9.82. The maximum absolute atomic E-state index is 14.5. The molecule has 0 aliphatic rings. The highest BCUT2D eigenvalue weighted by atomic mass is 32.2. The predicted molar refractivity (Wildman–Crippen MR) is 117 cm³/mol. The van der Waals surface area contributed by atoms with Crippen molar-refractivity contribution in [2.75, 3.05) is 20.8 Å². The fraction of sp³-hybridized carbons (Fsp3) is 0.217. The quantitative estimate of drug-likeness (QED) is 0.443. The van der Waals surface area contributed by atoms with Crippen LogP contribution >= 0.6 is 0 Å². The molecule has 0 aliphatic carbocycles. The van der Waals surface area contributed by atoms with Gasteiger partial charge in [-0.25, -0.2) is 16.8 Å². The second kappa shape index (κ2) is 8.66. The van der Waals surface area contributed by atoms with E-state index in [0.29, 0.717) is 25.2 Å². The third-order valence-electron chi connectivity index (χ3n) is 5.03. The van der Waals surface area contributed by atoms with Gasteiger partial charge in [-0.05, 0) is 49.0 Å². The normalized spacial score (nSPS) is 12.0. The molecule has 162 valence electrons. The Bertz CT molecular complexity index is 1320. The van der Waals surface area contributed by atoms with Gasteiger partial charge in [0.05, 0.1) is 17.2 Å². The fourth-order valence-electron chi connectivity index (χ4n) is 3.53.